The van der Waals surface area contributed by atoms with E-state index in [0.29, 0.717) is 5.92 Å². The Morgan fingerprint density at radius 2 is 2.13 bits per heavy atom. The third-order valence-corrected chi connectivity index (χ3v) is 7.38. The lowest BCUT2D eigenvalue weighted by atomic mass is 9.50. The second kappa shape index (κ2) is 7.55. The number of nitrogens with zero attached hydrogens (tertiary/aromatic N) is 6. The fourth-order valence-corrected chi connectivity index (χ4v) is 5.62. The quantitative estimate of drug-likeness (QED) is 0.424. The van der Waals surface area contributed by atoms with Gasteiger partial charge in [0.2, 0.25) is 4.96 Å². The Morgan fingerprint density at radius 3 is 2.93 bits per heavy atom. The summed E-state index contributed by atoms with van der Waals surface area (Å²) in [6.45, 7) is 4.29. The van der Waals surface area contributed by atoms with E-state index < -0.39 is 0 Å². The number of aromatic nitrogens is 5. The highest BCUT2D eigenvalue weighted by atomic mass is 32.1. The van der Waals surface area contributed by atoms with Crippen LogP contribution in [0.2, 0.25) is 13.1 Å². The van der Waals surface area contributed by atoms with Crippen molar-refractivity contribution in [3.63, 3.8) is 0 Å². The molecule has 3 heterocycles. The second-order valence-electron chi connectivity index (χ2n) is 8.82. The Bertz CT molecular complexity index is 1230. The zero-order chi connectivity index (χ0) is 20.8. The summed E-state index contributed by atoms with van der Waals surface area (Å²) >= 11 is 1.65. The van der Waals surface area contributed by atoms with Crippen molar-refractivity contribution >= 4 is 33.9 Å². The van der Waals surface area contributed by atoms with Crippen LogP contribution in [0.5, 0.6) is 0 Å². The fourth-order valence-electron chi connectivity index (χ4n) is 4.74. The molecule has 0 spiro atoms. The molecule has 0 bridgehead atoms. The largest absolute Gasteiger partial charge is 0.275 e. The molecule has 1 fully saturated rings. The Labute approximate surface area is 180 Å². The van der Waals surface area contributed by atoms with Gasteiger partial charge in [0.1, 0.15) is 5.01 Å². The van der Waals surface area contributed by atoms with Crippen molar-refractivity contribution in [3.05, 3.63) is 35.8 Å². The zero-order valence-electron chi connectivity index (χ0n) is 17.7. The zero-order valence-corrected chi connectivity index (χ0v) is 18.5. The molecule has 1 aromatic carbocycles. The van der Waals surface area contributed by atoms with Gasteiger partial charge in [-0.25, -0.2) is 14.8 Å². The predicted molar refractivity (Wildman–Crippen MR) is 122 cm³/mol. The van der Waals surface area contributed by atoms with Crippen LogP contribution in [0.4, 0.5) is 0 Å². The Hall–Kier alpha value is -2.66. The molecule has 6 nitrogen and oxygen atoms in total. The molecule has 2 unspecified atom stereocenters. The molecule has 1 aliphatic rings. The highest BCUT2D eigenvalue weighted by molar-refractivity contribution is 7.19. The smallest absolute Gasteiger partial charge is 0.264 e. The van der Waals surface area contributed by atoms with E-state index in [1.54, 1.807) is 11.3 Å². The minimum atomic E-state index is 0.166. The number of hydrogen-bond acceptors (Lipinski definition) is 5. The van der Waals surface area contributed by atoms with Gasteiger partial charge in [0.25, 0.3) is 6.71 Å². The summed E-state index contributed by atoms with van der Waals surface area (Å²) in [4.78, 5) is 5.89. The SMILES string of the molecule is CB(C#N)CCC1CCC(c2cn3nc(-c4cc(C)c5nn(C)cc5c4)sc3n2)C1. The number of nitriles is 1. The van der Waals surface area contributed by atoms with E-state index in [1.165, 1.54) is 30.5 Å². The van der Waals surface area contributed by atoms with Crippen LogP contribution < -0.4 is 0 Å². The average Bonchev–Trinajstić information content (AvgIpc) is 3.47. The Kier molecular flexibility index (Phi) is 4.86. The summed E-state index contributed by atoms with van der Waals surface area (Å²) < 4.78 is 3.81. The van der Waals surface area contributed by atoms with E-state index in [2.05, 4.69) is 42.5 Å². The molecule has 0 aliphatic heterocycles. The summed E-state index contributed by atoms with van der Waals surface area (Å²) in [5, 5.41) is 20.5. The van der Waals surface area contributed by atoms with Crippen LogP contribution in [-0.2, 0) is 7.05 Å². The lowest BCUT2D eigenvalue weighted by Crippen LogP contribution is -2.06. The maximum atomic E-state index is 9.00. The van der Waals surface area contributed by atoms with Crippen LogP contribution in [0.25, 0.3) is 26.4 Å². The predicted octanol–water partition coefficient (Wildman–Crippen LogP) is 5.11. The van der Waals surface area contributed by atoms with Gasteiger partial charge in [0, 0.05) is 36.1 Å². The van der Waals surface area contributed by atoms with E-state index in [1.807, 2.05) is 23.1 Å². The van der Waals surface area contributed by atoms with Crippen LogP contribution >= 0.6 is 11.3 Å². The standard InChI is InChI=1S/C22H25BN6S/c1-14-8-17(10-18-11-28(3)26-20(14)18)21-27-29-12-19(25-22(29)30-21)16-5-4-15(9-16)6-7-23(2)13-24/h8,10-12,15-16H,4-7,9H2,1-3H3. The van der Waals surface area contributed by atoms with E-state index in [0.717, 1.165) is 45.1 Å². The van der Waals surface area contributed by atoms with Crippen molar-refractivity contribution in [2.75, 3.05) is 0 Å². The van der Waals surface area contributed by atoms with Crippen LogP contribution in [0, 0.1) is 24.1 Å². The summed E-state index contributed by atoms with van der Waals surface area (Å²) in [5.74, 6) is 3.60. The molecular weight excluding hydrogens is 391 g/mol. The highest BCUT2D eigenvalue weighted by Gasteiger charge is 2.28. The van der Waals surface area contributed by atoms with Gasteiger partial charge in [0.15, 0.2) is 0 Å². The monoisotopic (exact) mass is 416 g/mol. The molecule has 5 rings (SSSR count). The van der Waals surface area contributed by atoms with Gasteiger partial charge < -0.3 is 0 Å². The summed E-state index contributed by atoms with van der Waals surface area (Å²) in [6, 6.07) is 4.33. The van der Waals surface area contributed by atoms with E-state index in [-0.39, 0.29) is 6.71 Å². The van der Waals surface area contributed by atoms with Gasteiger partial charge >= 0.3 is 0 Å². The maximum absolute atomic E-state index is 9.00. The minimum absolute atomic E-state index is 0.166. The van der Waals surface area contributed by atoms with Crippen molar-refractivity contribution in [3.8, 4) is 16.5 Å². The molecule has 2 atom stereocenters. The van der Waals surface area contributed by atoms with Crippen molar-refractivity contribution < 1.29 is 0 Å². The summed E-state index contributed by atoms with van der Waals surface area (Å²) in [6.07, 6.45) is 9.97. The third kappa shape index (κ3) is 3.52. The molecule has 3 aromatic heterocycles. The number of fused-ring (bicyclic) bond motifs is 2. The molecule has 1 saturated carbocycles. The molecule has 30 heavy (non-hydrogen) atoms. The summed E-state index contributed by atoms with van der Waals surface area (Å²) in [5.41, 5.74) is 4.51. The molecule has 0 radical (unpaired) electrons. The molecule has 4 aromatic rings. The first kappa shape index (κ1) is 19.3. The molecular formula is C22H25BN6S. The third-order valence-electron chi connectivity index (χ3n) is 6.41. The number of benzene rings is 1. The topological polar surface area (TPSA) is 71.8 Å². The molecule has 0 saturated heterocycles. The molecule has 0 amide bonds. The van der Waals surface area contributed by atoms with Gasteiger partial charge in [-0.3, -0.25) is 4.68 Å². The molecule has 152 valence electrons. The first-order valence-corrected chi connectivity index (χ1v) is 11.5. The molecule has 1 aliphatic carbocycles. The van der Waals surface area contributed by atoms with Gasteiger partial charge in [-0.1, -0.05) is 30.9 Å². The van der Waals surface area contributed by atoms with Crippen LogP contribution in [-0.4, -0.2) is 31.1 Å². The Balaban J connectivity index is 1.34. The first-order chi connectivity index (χ1) is 14.5. The number of imidazole rings is 1. The Morgan fingerprint density at radius 1 is 1.27 bits per heavy atom. The van der Waals surface area contributed by atoms with Crippen molar-refractivity contribution in [1.29, 1.82) is 5.26 Å². The fraction of sp³-hybridized carbons (Fsp3) is 0.455. The summed E-state index contributed by atoms with van der Waals surface area (Å²) in [7, 11) is 1.95. The van der Waals surface area contributed by atoms with E-state index in [9.17, 15) is 0 Å². The average molecular weight is 416 g/mol. The lowest BCUT2D eigenvalue weighted by molar-refractivity contribution is 0.518. The van der Waals surface area contributed by atoms with E-state index in [4.69, 9.17) is 15.3 Å². The van der Waals surface area contributed by atoms with Crippen LogP contribution in [0.3, 0.4) is 0 Å². The van der Waals surface area contributed by atoms with Gasteiger partial charge in [-0.15, -0.1) is 0 Å². The molecule has 8 heteroatoms. The number of aryl methyl sites for hydroxylation is 2. The van der Waals surface area contributed by atoms with Gasteiger partial charge in [0.05, 0.1) is 17.4 Å². The van der Waals surface area contributed by atoms with Gasteiger partial charge in [-0.2, -0.15) is 10.2 Å². The highest BCUT2D eigenvalue weighted by Crippen LogP contribution is 2.41. The van der Waals surface area contributed by atoms with E-state index >= 15 is 0 Å². The van der Waals surface area contributed by atoms with Crippen molar-refractivity contribution in [1.82, 2.24) is 24.4 Å². The van der Waals surface area contributed by atoms with Crippen LogP contribution in [0.1, 0.15) is 42.9 Å². The van der Waals surface area contributed by atoms with Crippen molar-refractivity contribution in [2.45, 2.75) is 51.7 Å². The second-order valence-corrected chi connectivity index (χ2v) is 9.77. The van der Waals surface area contributed by atoms with Crippen LogP contribution in [0.15, 0.2) is 24.5 Å². The number of rotatable bonds is 5. The lowest BCUT2D eigenvalue weighted by Gasteiger charge is -2.09. The number of hydrogen-bond donors (Lipinski definition) is 0. The normalized spacial score (nSPS) is 19.0. The first-order valence-electron chi connectivity index (χ1n) is 10.7. The van der Waals surface area contributed by atoms with Crippen molar-refractivity contribution in [2.24, 2.45) is 13.0 Å². The molecule has 0 N–H and O–H groups in total. The minimum Gasteiger partial charge on any atom is -0.275 e. The maximum Gasteiger partial charge on any atom is 0.264 e. The van der Waals surface area contributed by atoms with Gasteiger partial charge in [-0.05, 0) is 49.8 Å².